The van der Waals surface area contributed by atoms with Crippen molar-refractivity contribution in [2.24, 2.45) is 14.1 Å². The van der Waals surface area contributed by atoms with Gasteiger partial charge in [0.2, 0.25) is 0 Å². The molecule has 2 heterocycles. The largest absolute Gasteiger partial charge is 0.545 e. The van der Waals surface area contributed by atoms with Crippen LogP contribution in [-0.2, 0) is 36.8 Å². The molecule has 0 aromatic carbocycles. The number of aryl methyl sites for hydroxylation is 4. The first-order valence-corrected chi connectivity index (χ1v) is 8.26. The van der Waals surface area contributed by atoms with E-state index in [1.54, 1.807) is 0 Å². The first-order chi connectivity index (χ1) is 12.1. The second kappa shape index (κ2) is 11.6. The van der Waals surface area contributed by atoms with E-state index < -0.39 is 11.9 Å². The smallest absolute Gasteiger partial charge is 0.252 e. The topological polar surface area (TPSA) is 97.9 Å². The average Bonchev–Trinajstić information content (AvgIpc) is 3.09. The van der Waals surface area contributed by atoms with E-state index in [9.17, 15) is 19.8 Å². The standard InChI is InChI=1S/2C7H13N2.C4H4O4/c2*1-4-9-6-5-8(3)7(9)2;5-3(6)1-2-4(7)8/h2*5-6H,4H2,1-3H3;1-2H,(H,5,6)(H,7,8)/q2*+1;/p-2/b;;2-1-. The lowest BCUT2D eigenvalue weighted by molar-refractivity contribution is -0.677. The summed E-state index contributed by atoms with van der Waals surface area (Å²) in [6.07, 6.45) is 9.09. The van der Waals surface area contributed by atoms with Gasteiger partial charge in [0, 0.05) is 13.8 Å². The summed E-state index contributed by atoms with van der Waals surface area (Å²) in [4.78, 5) is 18.8. The maximum Gasteiger partial charge on any atom is 0.252 e. The highest BCUT2D eigenvalue weighted by atomic mass is 16.4. The molecular weight excluding hydrogens is 336 g/mol. The van der Waals surface area contributed by atoms with Crippen molar-refractivity contribution in [2.75, 3.05) is 0 Å². The molecule has 0 aliphatic heterocycles. The molecule has 0 aliphatic carbocycles. The number of imidazole rings is 2. The van der Waals surface area contributed by atoms with Crippen molar-refractivity contribution in [2.45, 2.75) is 40.8 Å². The zero-order valence-electron chi connectivity index (χ0n) is 16.3. The molecule has 0 aliphatic rings. The van der Waals surface area contributed by atoms with Crippen LogP contribution in [0.3, 0.4) is 0 Å². The first-order valence-electron chi connectivity index (χ1n) is 8.26. The number of hydrogen-bond donors (Lipinski definition) is 0. The Kier molecular flexibility index (Phi) is 10.3. The molecule has 26 heavy (non-hydrogen) atoms. The number of aromatic nitrogens is 4. The summed E-state index contributed by atoms with van der Waals surface area (Å²) in [5.74, 6) is -0.488. The Labute approximate surface area is 154 Å². The third-order valence-electron chi connectivity index (χ3n) is 3.83. The van der Waals surface area contributed by atoms with Crippen molar-refractivity contribution in [3.8, 4) is 0 Å². The lowest BCUT2D eigenvalue weighted by Crippen LogP contribution is -2.29. The van der Waals surface area contributed by atoms with Crippen molar-refractivity contribution in [3.63, 3.8) is 0 Å². The number of hydrogen-bond acceptors (Lipinski definition) is 4. The van der Waals surface area contributed by atoms with Crippen LogP contribution in [0.25, 0.3) is 0 Å². The quantitative estimate of drug-likeness (QED) is 0.478. The highest BCUT2D eigenvalue weighted by Crippen LogP contribution is 1.90. The fraction of sp³-hybridized carbons (Fsp3) is 0.444. The molecule has 0 radical (unpaired) electrons. The Bertz CT molecular complexity index is 682. The van der Waals surface area contributed by atoms with Gasteiger partial charge in [-0.1, -0.05) is 0 Å². The molecule has 0 saturated heterocycles. The molecule has 144 valence electrons. The minimum atomic E-state index is -1.55. The van der Waals surface area contributed by atoms with Gasteiger partial charge in [-0.2, -0.15) is 0 Å². The molecule has 2 aromatic heterocycles. The van der Waals surface area contributed by atoms with Crippen molar-refractivity contribution in [3.05, 3.63) is 48.6 Å². The predicted octanol–water partition coefficient (Wildman–Crippen LogP) is -1.68. The van der Waals surface area contributed by atoms with Crippen molar-refractivity contribution >= 4 is 11.9 Å². The number of carboxylic acid groups (broad SMARTS) is 2. The van der Waals surface area contributed by atoms with Gasteiger partial charge in [-0.15, -0.1) is 0 Å². The van der Waals surface area contributed by atoms with Gasteiger partial charge in [0.15, 0.2) is 0 Å². The zero-order valence-corrected chi connectivity index (χ0v) is 16.3. The van der Waals surface area contributed by atoms with Crippen LogP contribution in [0.15, 0.2) is 36.9 Å². The highest BCUT2D eigenvalue weighted by Gasteiger charge is 2.04. The van der Waals surface area contributed by atoms with E-state index in [0.717, 1.165) is 13.1 Å². The predicted molar refractivity (Wildman–Crippen MR) is 91.2 cm³/mol. The van der Waals surface area contributed by atoms with Gasteiger partial charge in [0.05, 0.1) is 39.1 Å². The second-order valence-corrected chi connectivity index (χ2v) is 5.46. The molecular formula is C18H28N4O4. The van der Waals surface area contributed by atoms with Crippen LogP contribution in [0.2, 0.25) is 0 Å². The molecule has 8 heteroatoms. The summed E-state index contributed by atoms with van der Waals surface area (Å²) in [5, 5.41) is 18.8. The number of rotatable bonds is 4. The van der Waals surface area contributed by atoms with Crippen molar-refractivity contribution < 1.29 is 28.9 Å². The van der Waals surface area contributed by atoms with Crippen LogP contribution >= 0.6 is 0 Å². The molecule has 2 aromatic rings. The first kappa shape index (κ1) is 23.1. The van der Waals surface area contributed by atoms with E-state index in [1.807, 2.05) is 0 Å². The van der Waals surface area contributed by atoms with Crippen molar-refractivity contribution in [1.29, 1.82) is 0 Å². The summed E-state index contributed by atoms with van der Waals surface area (Å²) in [6.45, 7) is 10.6. The fourth-order valence-corrected chi connectivity index (χ4v) is 2.00. The number of carbonyl (C=O) groups is 2. The zero-order chi connectivity index (χ0) is 20.3. The summed E-state index contributed by atoms with van der Waals surface area (Å²) < 4.78 is 8.65. The van der Waals surface area contributed by atoms with Gasteiger partial charge in [0.25, 0.3) is 11.6 Å². The van der Waals surface area contributed by atoms with E-state index in [1.165, 1.54) is 11.6 Å². The molecule has 0 spiro atoms. The molecule has 2 rings (SSSR count). The fourth-order valence-electron chi connectivity index (χ4n) is 2.00. The normalized spacial score (nSPS) is 9.92. The van der Waals surface area contributed by atoms with Gasteiger partial charge in [-0.3, -0.25) is 0 Å². The van der Waals surface area contributed by atoms with Crippen molar-refractivity contribution in [1.82, 2.24) is 9.13 Å². The lowest BCUT2D eigenvalue weighted by atomic mass is 10.5. The van der Waals surface area contributed by atoms with Gasteiger partial charge in [-0.05, 0) is 26.0 Å². The molecule has 0 saturated carbocycles. The number of aliphatic carboxylic acids is 2. The molecule has 0 N–H and O–H groups in total. The maximum absolute atomic E-state index is 9.41. The maximum atomic E-state index is 9.41. The third-order valence-corrected chi connectivity index (χ3v) is 3.83. The Balaban J connectivity index is 0.000000362. The monoisotopic (exact) mass is 364 g/mol. The minimum Gasteiger partial charge on any atom is -0.545 e. The van der Waals surface area contributed by atoms with Gasteiger partial charge in [-0.25, -0.2) is 18.3 Å². The molecule has 0 amide bonds. The van der Waals surface area contributed by atoms with Crippen LogP contribution in [0.5, 0.6) is 0 Å². The van der Waals surface area contributed by atoms with Crippen LogP contribution in [0.4, 0.5) is 0 Å². The molecule has 0 fully saturated rings. The summed E-state index contributed by atoms with van der Waals surface area (Å²) in [6, 6.07) is 0. The molecule has 0 unspecified atom stereocenters. The molecule has 0 bridgehead atoms. The van der Waals surface area contributed by atoms with Crippen LogP contribution in [0, 0.1) is 13.8 Å². The molecule has 8 nitrogen and oxygen atoms in total. The Morgan fingerprint density at radius 3 is 1.31 bits per heavy atom. The van der Waals surface area contributed by atoms with Crippen LogP contribution in [0.1, 0.15) is 25.5 Å². The highest BCUT2D eigenvalue weighted by molar-refractivity contribution is 5.87. The van der Waals surface area contributed by atoms with Gasteiger partial charge in [0.1, 0.15) is 24.8 Å². The average molecular weight is 364 g/mol. The third kappa shape index (κ3) is 8.27. The second-order valence-electron chi connectivity index (χ2n) is 5.46. The Morgan fingerprint density at radius 2 is 1.19 bits per heavy atom. The lowest BCUT2D eigenvalue weighted by Gasteiger charge is -1.90. The summed E-state index contributed by atoms with van der Waals surface area (Å²) >= 11 is 0. The van der Waals surface area contributed by atoms with E-state index in [-0.39, 0.29) is 0 Å². The summed E-state index contributed by atoms with van der Waals surface area (Å²) in [5.41, 5.74) is 0. The van der Waals surface area contributed by atoms with Gasteiger partial charge < -0.3 is 19.8 Å². The SMILES string of the molecule is CCn1cc[n+](C)c1C.CCn1cc[n+](C)c1C.O=C([O-])/C=C\C(=O)[O-]. The summed E-state index contributed by atoms with van der Waals surface area (Å²) in [7, 11) is 4.11. The molecule has 0 atom stereocenters. The Hall–Kier alpha value is -2.90. The van der Waals surface area contributed by atoms with Crippen LogP contribution < -0.4 is 19.3 Å². The van der Waals surface area contributed by atoms with Gasteiger partial charge >= 0.3 is 0 Å². The van der Waals surface area contributed by atoms with E-state index >= 15 is 0 Å². The van der Waals surface area contributed by atoms with E-state index in [2.05, 4.69) is 84.8 Å². The minimum absolute atomic E-state index is 0.384. The van der Waals surface area contributed by atoms with E-state index in [4.69, 9.17) is 0 Å². The number of nitrogens with zero attached hydrogens (tertiary/aromatic N) is 4. The van der Waals surface area contributed by atoms with Crippen LogP contribution in [-0.4, -0.2) is 21.1 Å². The Morgan fingerprint density at radius 1 is 0.885 bits per heavy atom. The number of carboxylic acids is 2. The van der Waals surface area contributed by atoms with E-state index in [0.29, 0.717) is 12.2 Å². The number of carbonyl (C=O) groups excluding carboxylic acids is 2.